The summed E-state index contributed by atoms with van der Waals surface area (Å²) in [6, 6.07) is 0. The van der Waals surface area contributed by atoms with Gasteiger partial charge in [0.2, 0.25) is 0 Å². The van der Waals surface area contributed by atoms with Gasteiger partial charge in [0.1, 0.15) is 4.88 Å². The number of rotatable bonds is 3. The number of nitrogens with zero attached hydrogens (tertiary/aromatic N) is 2. The molecule has 1 aromatic heterocycles. The fourth-order valence-electron chi connectivity index (χ4n) is 2.12. The second-order valence-corrected chi connectivity index (χ2v) is 6.62. The largest absolute Gasteiger partial charge is 0.481 e. The Morgan fingerprint density at radius 1 is 1.53 bits per heavy atom. The molecule has 1 saturated heterocycles. The SMILES string of the molecule is CC(C)c1ncc(C(=O)N2CCC(C)(C(=O)O)C2)s1. The zero-order chi connectivity index (χ0) is 14.2. The smallest absolute Gasteiger partial charge is 0.311 e. The number of aliphatic carboxylic acids is 1. The van der Waals surface area contributed by atoms with E-state index < -0.39 is 11.4 Å². The van der Waals surface area contributed by atoms with Crippen LogP contribution in [0.25, 0.3) is 0 Å². The van der Waals surface area contributed by atoms with Gasteiger partial charge in [-0.2, -0.15) is 0 Å². The van der Waals surface area contributed by atoms with Gasteiger partial charge in [0.25, 0.3) is 5.91 Å². The highest BCUT2D eigenvalue weighted by Crippen LogP contribution is 2.32. The Morgan fingerprint density at radius 3 is 2.68 bits per heavy atom. The van der Waals surface area contributed by atoms with Crippen molar-refractivity contribution in [2.24, 2.45) is 5.41 Å². The highest BCUT2D eigenvalue weighted by Gasteiger charge is 2.42. The molecule has 6 heteroatoms. The number of thiazole rings is 1. The average molecular weight is 282 g/mol. The van der Waals surface area contributed by atoms with Gasteiger partial charge in [0.15, 0.2) is 0 Å². The maximum Gasteiger partial charge on any atom is 0.311 e. The molecule has 2 rings (SSSR count). The molecular weight excluding hydrogens is 264 g/mol. The van der Waals surface area contributed by atoms with Crippen LogP contribution in [-0.2, 0) is 4.79 Å². The molecule has 2 heterocycles. The highest BCUT2D eigenvalue weighted by atomic mass is 32.1. The average Bonchev–Trinajstić information content (AvgIpc) is 2.95. The minimum absolute atomic E-state index is 0.102. The van der Waals surface area contributed by atoms with Crippen molar-refractivity contribution in [3.05, 3.63) is 16.1 Å². The second kappa shape index (κ2) is 4.92. The molecule has 1 amide bonds. The molecule has 1 atom stereocenters. The first-order valence-electron chi connectivity index (χ1n) is 6.32. The number of amides is 1. The normalized spacial score (nSPS) is 23.1. The van der Waals surface area contributed by atoms with Crippen LogP contribution in [0.3, 0.4) is 0 Å². The molecular formula is C13H18N2O3S. The van der Waals surface area contributed by atoms with E-state index in [-0.39, 0.29) is 12.5 Å². The first-order valence-corrected chi connectivity index (χ1v) is 7.13. The topological polar surface area (TPSA) is 70.5 Å². The fraction of sp³-hybridized carbons (Fsp3) is 0.615. The molecule has 0 saturated carbocycles. The van der Waals surface area contributed by atoms with E-state index in [0.29, 0.717) is 23.8 Å². The standard InChI is InChI=1S/C13H18N2O3S/c1-8(2)10-14-6-9(19-10)11(16)15-5-4-13(3,7-15)12(17)18/h6,8H,4-5,7H2,1-3H3,(H,17,18). The predicted octanol–water partition coefficient (Wildman–Crippen LogP) is 2.20. The number of carboxylic acids is 1. The first-order chi connectivity index (χ1) is 8.83. The maximum atomic E-state index is 12.3. The number of hydrogen-bond donors (Lipinski definition) is 1. The van der Waals surface area contributed by atoms with Crippen molar-refractivity contribution >= 4 is 23.2 Å². The summed E-state index contributed by atoms with van der Waals surface area (Å²) in [4.78, 5) is 29.9. The predicted molar refractivity (Wildman–Crippen MR) is 72.5 cm³/mol. The van der Waals surface area contributed by atoms with Crippen LogP contribution < -0.4 is 0 Å². The lowest BCUT2D eigenvalue weighted by Crippen LogP contribution is -2.34. The highest BCUT2D eigenvalue weighted by molar-refractivity contribution is 7.13. The van der Waals surface area contributed by atoms with Crippen molar-refractivity contribution in [3.63, 3.8) is 0 Å². The molecule has 1 unspecified atom stereocenters. The minimum Gasteiger partial charge on any atom is -0.481 e. The molecule has 19 heavy (non-hydrogen) atoms. The number of aromatic nitrogens is 1. The van der Waals surface area contributed by atoms with E-state index in [9.17, 15) is 14.7 Å². The van der Waals surface area contributed by atoms with Gasteiger partial charge in [0.05, 0.1) is 16.6 Å². The molecule has 0 bridgehead atoms. The van der Waals surface area contributed by atoms with E-state index in [1.54, 1.807) is 18.0 Å². The van der Waals surface area contributed by atoms with Gasteiger partial charge in [-0.15, -0.1) is 11.3 Å². The Kier molecular flexibility index (Phi) is 3.62. The summed E-state index contributed by atoms with van der Waals surface area (Å²) >= 11 is 1.39. The number of carbonyl (C=O) groups excluding carboxylic acids is 1. The van der Waals surface area contributed by atoms with E-state index in [0.717, 1.165) is 5.01 Å². The Hall–Kier alpha value is -1.43. The van der Waals surface area contributed by atoms with Crippen molar-refractivity contribution in [3.8, 4) is 0 Å². The molecule has 104 valence electrons. The monoisotopic (exact) mass is 282 g/mol. The van der Waals surface area contributed by atoms with Crippen LogP contribution in [0.4, 0.5) is 0 Å². The van der Waals surface area contributed by atoms with Gasteiger partial charge in [-0.05, 0) is 13.3 Å². The van der Waals surface area contributed by atoms with E-state index in [2.05, 4.69) is 4.98 Å². The minimum atomic E-state index is -0.838. The zero-order valence-corrected chi connectivity index (χ0v) is 12.2. The van der Waals surface area contributed by atoms with Gasteiger partial charge in [-0.25, -0.2) is 4.98 Å². The molecule has 0 aromatic carbocycles. The zero-order valence-electron chi connectivity index (χ0n) is 11.3. The molecule has 0 radical (unpaired) electrons. The van der Waals surface area contributed by atoms with Crippen molar-refractivity contribution in [1.82, 2.24) is 9.88 Å². The van der Waals surface area contributed by atoms with Crippen LogP contribution in [0, 0.1) is 5.41 Å². The van der Waals surface area contributed by atoms with Crippen LogP contribution in [0.2, 0.25) is 0 Å². The molecule has 1 aromatic rings. The Balaban J connectivity index is 2.11. The second-order valence-electron chi connectivity index (χ2n) is 5.56. The molecule has 5 nitrogen and oxygen atoms in total. The number of carboxylic acid groups (broad SMARTS) is 1. The van der Waals surface area contributed by atoms with Gasteiger partial charge in [0, 0.05) is 19.0 Å². The number of likely N-dealkylation sites (tertiary alicyclic amines) is 1. The summed E-state index contributed by atoms with van der Waals surface area (Å²) in [7, 11) is 0. The fourth-order valence-corrected chi connectivity index (χ4v) is 3.01. The molecule has 1 N–H and O–H groups in total. The van der Waals surface area contributed by atoms with Gasteiger partial charge < -0.3 is 10.0 Å². The Labute approximate surface area is 116 Å². The summed E-state index contributed by atoms with van der Waals surface area (Å²) in [5.41, 5.74) is -0.818. The lowest BCUT2D eigenvalue weighted by Gasteiger charge is -2.19. The van der Waals surface area contributed by atoms with E-state index in [1.807, 2.05) is 13.8 Å². The van der Waals surface area contributed by atoms with Gasteiger partial charge >= 0.3 is 5.97 Å². The van der Waals surface area contributed by atoms with Gasteiger partial charge in [-0.3, -0.25) is 9.59 Å². The summed E-state index contributed by atoms with van der Waals surface area (Å²) in [6.45, 7) is 6.52. The molecule has 1 aliphatic rings. The van der Waals surface area contributed by atoms with E-state index in [4.69, 9.17) is 0 Å². The molecule has 0 spiro atoms. The molecule has 0 aliphatic carbocycles. The van der Waals surface area contributed by atoms with Crippen LogP contribution in [0.5, 0.6) is 0 Å². The Bertz CT molecular complexity index is 512. The molecule has 1 fully saturated rings. The summed E-state index contributed by atoms with van der Waals surface area (Å²) < 4.78 is 0. The Morgan fingerprint density at radius 2 is 2.21 bits per heavy atom. The van der Waals surface area contributed by atoms with Crippen molar-refractivity contribution in [2.75, 3.05) is 13.1 Å². The molecule has 1 aliphatic heterocycles. The van der Waals surface area contributed by atoms with Crippen molar-refractivity contribution in [2.45, 2.75) is 33.1 Å². The third kappa shape index (κ3) is 2.63. The number of hydrogen-bond acceptors (Lipinski definition) is 4. The lowest BCUT2D eigenvalue weighted by atomic mass is 9.90. The van der Waals surface area contributed by atoms with E-state index in [1.165, 1.54) is 11.3 Å². The van der Waals surface area contributed by atoms with Crippen LogP contribution in [0.15, 0.2) is 6.20 Å². The van der Waals surface area contributed by atoms with Crippen molar-refractivity contribution in [1.29, 1.82) is 0 Å². The summed E-state index contributed by atoms with van der Waals surface area (Å²) in [5, 5.41) is 10.1. The number of carbonyl (C=O) groups is 2. The lowest BCUT2D eigenvalue weighted by molar-refractivity contribution is -0.147. The van der Waals surface area contributed by atoms with Crippen LogP contribution >= 0.6 is 11.3 Å². The third-order valence-electron chi connectivity index (χ3n) is 3.51. The van der Waals surface area contributed by atoms with Crippen LogP contribution in [-0.4, -0.2) is 40.0 Å². The van der Waals surface area contributed by atoms with Crippen molar-refractivity contribution < 1.29 is 14.7 Å². The summed E-state index contributed by atoms with van der Waals surface area (Å²) in [6.07, 6.45) is 2.10. The first kappa shape index (κ1) is 14.0. The van der Waals surface area contributed by atoms with Crippen LogP contribution in [0.1, 0.15) is 47.8 Å². The summed E-state index contributed by atoms with van der Waals surface area (Å²) in [5.74, 6) is -0.640. The van der Waals surface area contributed by atoms with Gasteiger partial charge in [-0.1, -0.05) is 13.8 Å². The van der Waals surface area contributed by atoms with E-state index >= 15 is 0 Å². The third-order valence-corrected chi connectivity index (χ3v) is 4.79. The quantitative estimate of drug-likeness (QED) is 0.922. The maximum absolute atomic E-state index is 12.3.